The first-order valence-corrected chi connectivity index (χ1v) is 3.86. The summed E-state index contributed by atoms with van der Waals surface area (Å²) in [5.74, 6) is -0.314. The molecule has 2 unspecified atom stereocenters. The number of esters is 1. The molecule has 0 N–H and O–H groups in total. The zero-order chi connectivity index (χ0) is 8.43. The molecule has 2 atom stereocenters. The average molecular weight is 156 g/mol. The van der Waals surface area contributed by atoms with E-state index in [9.17, 15) is 9.59 Å². The fourth-order valence-electron chi connectivity index (χ4n) is 1.22. The second-order valence-electron chi connectivity index (χ2n) is 2.88. The number of hydrogen-bond donors (Lipinski definition) is 0. The van der Waals surface area contributed by atoms with Crippen LogP contribution in [-0.4, -0.2) is 17.9 Å². The van der Waals surface area contributed by atoms with Crippen LogP contribution in [0.5, 0.6) is 0 Å². The van der Waals surface area contributed by atoms with E-state index in [-0.39, 0.29) is 17.7 Å². The lowest BCUT2D eigenvalue weighted by molar-refractivity contribution is -0.148. The van der Waals surface area contributed by atoms with Crippen LogP contribution in [0.2, 0.25) is 0 Å². The number of Topliss-reactive ketones (excluding diaryl/α,β-unsaturated/α-hetero) is 1. The highest BCUT2D eigenvalue weighted by Gasteiger charge is 2.35. The number of hydrogen-bond acceptors (Lipinski definition) is 3. The molecule has 0 saturated carbocycles. The summed E-state index contributed by atoms with van der Waals surface area (Å²) in [6.07, 6.45) is 0.875. The molecule has 3 nitrogen and oxygen atoms in total. The van der Waals surface area contributed by atoms with Crippen molar-refractivity contribution < 1.29 is 14.3 Å². The van der Waals surface area contributed by atoms with Crippen molar-refractivity contribution in [2.75, 3.05) is 0 Å². The summed E-state index contributed by atoms with van der Waals surface area (Å²) < 4.78 is 4.84. The molecule has 1 saturated heterocycles. The molecule has 0 radical (unpaired) electrons. The van der Waals surface area contributed by atoms with Crippen LogP contribution in [0.3, 0.4) is 0 Å². The zero-order valence-electron chi connectivity index (χ0n) is 6.79. The Morgan fingerprint density at radius 3 is 2.64 bits per heavy atom. The third-order valence-corrected chi connectivity index (χ3v) is 2.04. The van der Waals surface area contributed by atoms with E-state index in [2.05, 4.69) is 0 Å². The van der Waals surface area contributed by atoms with Gasteiger partial charge in [0.05, 0.1) is 5.92 Å². The van der Waals surface area contributed by atoms with Gasteiger partial charge in [-0.1, -0.05) is 6.92 Å². The molecule has 1 aliphatic rings. The van der Waals surface area contributed by atoms with Crippen molar-refractivity contribution in [3.8, 4) is 0 Å². The van der Waals surface area contributed by atoms with Gasteiger partial charge in [0.2, 0.25) is 0 Å². The molecule has 0 amide bonds. The smallest absolute Gasteiger partial charge is 0.309 e. The summed E-state index contributed by atoms with van der Waals surface area (Å²) in [7, 11) is 0. The second kappa shape index (κ2) is 3.03. The molecule has 0 aliphatic carbocycles. The standard InChI is InChI=1S/C8H12O3/c1-3-6-4-7(5(2)9)11-8(6)10/h6-7H,3-4H2,1-2H3. The molecule has 1 rings (SSSR count). The van der Waals surface area contributed by atoms with Crippen LogP contribution < -0.4 is 0 Å². The fraction of sp³-hybridized carbons (Fsp3) is 0.750. The molecular formula is C8H12O3. The number of ether oxygens (including phenoxy) is 1. The molecule has 1 heterocycles. The van der Waals surface area contributed by atoms with Crippen LogP contribution in [0.25, 0.3) is 0 Å². The molecule has 0 spiro atoms. The number of carbonyl (C=O) groups is 2. The van der Waals surface area contributed by atoms with Crippen molar-refractivity contribution >= 4 is 11.8 Å². The highest BCUT2D eigenvalue weighted by molar-refractivity contribution is 5.87. The molecule has 0 aromatic rings. The Bertz CT molecular complexity index is 186. The van der Waals surface area contributed by atoms with Gasteiger partial charge in [-0.3, -0.25) is 9.59 Å². The first-order valence-electron chi connectivity index (χ1n) is 3.86. The number of cyclic esters (lactones) is 1. The Morgan fingerprint density at radius 2 is 2.36 bits per heavy atom. The largest absolute Gasteiger partial charge is 0.454 e. The first kappa shape index (κ1) is 8.24. The van der Waals surface area contributed by atoms with Gasteiger partial charge in [-0.25, -0.2) is 0 Å². The van der Waals surface area contributed by atoms with Gasteiger partial charge in [0.25, 0.3) is 0 Å². The lowest BCUT2D eigenvalue weighted by Crippen LogP contribution is -2.16. The topological polar surface area (TPSA) is 43.4 Å². The second-order valence-corrected chi connectivity index (χ2v) is 2.88. The summed E-state index contributed by atoms with van der Waals surface area (Å²) in [4.78, 5) is 21.7. The number of carbonyl (C=O) groups excluding carboxylic acids is 2. The van der Waals surface area contributed by atoms with Crippen LogP contribution >= 0.6 is 0 Å². The van der Waals surface area contributed by atoms with E-state index in [0.29, 0.717) is 6.42 Å². The summed E-state index contributed by atoms with van der Waals surface area (Å²) >= 11 is 0. The third-order valence-electron chi connectivity index (χ3n) is 2.04. The van der Waals surface area contributed by atoms with Crippen LogP contribution in [0.4, 0.5) is 0 Å². The highest BCUT2D eigenvalue weighted by Crippen LogP contribution is 2.23. The van der Waals surface area contributed by atoms with Crippen LogP contribution in [0.1, 0.15) is 26.7 Å². The lowest BCUT2D eigenvalue weighted by atomic mass is 10.0. The van der Waals surface area contributed by atoms with Gasteiger partial charge in [0.1, 0.15) is 0 Å². The predicted molar refractivity (Wildman–Crippen MR) is 39.0 cm³/mol. The SMILES string of the molecule is CCC1CC(C(C)=O)OC1=O. The molecule has 1 aliphatic heterocycles. The summed E-state index contributed by atoms with van der Waals surface area (Å²) in [5.41, 5.74) is 0. The Labute approximate surface area is 65.7 Å². The normalized spacial score (nSPS) is 30.2. The van der Waals surface area contributed by atoms with Crippen molar-refractivity contribution in [3.05, 3.63) is 0 Å². The zero-order valence-corrected chi connectivity index (χ0v) is 6.79. The number of ketones is 1. The van der Waals surface area contributed by atoms with E-state index in [0.717, 1.165) is 6.42 Å². The summed E-state index contributed by atoms with van der Waals surface area (Å²) in [5, 5.41) is 0. The van der Waals surface area contributed by atoms with Crippen LogP contribution in [-0.2, 0) is 14.3 Å². The van der Waals surface area contributed by atoms with E-state index in [1.165, 1.54) is 6.92 Å². The average Bonchev–Trinajstić information content (AvgIpc) is 2.31. The maximum absolute atomic E-state index is 10.9. The maximum atomic E-state index is 10.9. The minimum Gasteiger partial charge on any atom is -0.454 e. The molecule has 0 bridgehead atoms. The summed E-state index contributed by atoms with van der Waals surface area (Å²) in [6, 6.07) is 0. The van der Waals surface area contributed by atoms with Crippen molar-refractivity contribution in [2.24, 2.45) is 5.92 Å². The number of rotatable bonds is 2. The summed E-state index contributed by atoms with van der Waals surface area (Å²) in [6.45, 7) is 3.38. The quantitative estimate of drug-likeness (QED) is 0.558. The molecule has 0 aromatic carbocycles. The monoisotopic (exact) mass is 156 g/mol. The van der Waals surface area contributed by atoms with Gasteiger partial charge >= 0.3 is 5.97 Å². The molecule has 0 aromatic heterocycles. The Balaban J connectivity index is 2.56. The minimum atomic E-state index is -0.465. The molecular weight excluding hydrogens is 144 g/mol. The van der Waals surface area contributed by atoms with Gasteiger partial charge in [0, 0.05) is 6.42 Å². The van der Waals surface area contributed by atoms with Crippen molar-refractivity contribution in [3.63, 3.8) is 0 Å². The van der Waals surface area contributed by atoms with Crippen molar-refractivity contribution in [2.45, 2.75) is 32.8 Å². The van der Waals surface area contributed by atoms with Crippen molar-refractivity contribution in [1.82, 2.24) is 0 Å². The fourth-order valence-corrected chi connectivity index (χ4v) is 1.22. The van der Waals surface area contributed by atoms with Crippen LogP contribution in [0, 0.1) is 5.92 Å². The maximum Gasteiger partial charge on any atom is 0.309 e. The Hall–Kier alpha value is -0.860. The van der Waals surface area contributed by atoms with Crippen molar-refractivity contribution in [1.29, 1.82) is 0 Å². The molecule has 11 heavy (non-hydrogen) atoms. The van der Waals surface area contributed by atoms with Gasteiger partial charge in [0.15, 0.2) is 11.9 Å². The van der Waals surface area contributed by atoms with E-state index in [1.54, 1.807) is 0 Å². The Kier molecular flexibility index (Phi) is 2.27. The van der Waals surface area contributed by atoms with E-state index < -0.39 is 6.10 Å². The predicted octanol–water partition coefficient (Wildman–Crippen LogP) is 0.917. The van der Waals surface area contributed by atoms with Crippen LogP contribution in [0.15, 0.2) is 0 Å². The first-order chi connectivity index (χ1) is 5.15. The molecule has 1 fully saturated rings. The van der Waals surface area contributed by atoms with E-state index in [4.69, 9.17) is 4.74 Å². The van der Waals surface area contributed by atoms with Gasteiger partial charge in [-0.05, 0) is 13.3 Å². The highest BCUT2D eigenvalue weighted by atomic mass is 16.6. The lowest BCUT2D eigenvalue weighted by Gasteiger charge is -2.01. The Morgan fingerprint density at radius 1 is 1.73 bits per heavy atom. The molecule has 62 valence electrons. The molecule has 3 heteroatoms. The van der Waals surface area contributed by atoms with Gasteiger partial charge < -0.3 is 4.74 Å². The van der Waals surface area contributed by atoms with Gasteiger partial charge in [-0.2, -0.15) is 0 Å². The van der Waals surface area contributed by atoms with E-state index in [1.807, 2.05) is 6.92 Å². The van der Waals surface area contributed by atoms with E-state index >= 15 is 0 Å². The van der Waals surface area contributed by atoms with Gasteiger partial charge in [-0.15, -0.1) is 0 Å². The third kappa shape index (κ3) is 1.59. The minimum absolute atomic E-state index is 0.0469.